The van der Waals surface area contributed by atoms with Crippen LogP contribution in [0.2, 0.25) is 0 Å². The number of benzene rings is 1. The van der Waals surface area contributed by atoms with Crippen molar-refractivity contribution in [1.29, 1.82) is 0 Å². The largest absolute Gasteiger partial charge is 0.480 e. The van der Waals surface area contributed by atoms with Gasteiger partial charge in [0, 0.05) is 30.8 Å². The number of anilines is 2. The van der Waals surface area contributed by atoms with Gasteiger partial charge in [0.15, 0.2) is 16.9 Å². The molecule has 2 heterocycles. The second-order valence-electron chi connectivity index (χ2n) is 9.08. The molecule has 0 bridgehead atoms. The van der Waals surface area contributed by atoms with Gasteiger partial charge < -0.3 is 32.5 Å². The Labute approximate surface area is 217 Å². The number of carbonyl (C=O) groups is 3. The highest BCUT2D eigenvalue weighted by Gasteiger charge is 2.29. The number of amides is 1. The smallest absolute Gasteiger partial charge is 0.326 e. The molecule has 0 fully saturated rings. The maximum atomic E-state index is 12.6. The third kappa shape index (κ3) is 7.30. The molecule has 3 rings (SSSR count). The summed E-state index contributed by atoms with van der Waals surface area (Å²) in [5.41, 5.74) is 11.2. The van der Waals surface area contributed by atoms with Gasteiger partial charge in [-0.15, -0.1) is 0 Å². The van der Waals surface area contributed by atoms with Crippen LogP contribution in [0.15, 0.2) is 35.3 Å². The zero-order valence-corrected chi connectivity index (χ0v) is 21.1. The average Bonchev–Trinajstić information content (AvgIpc) is 2.88. The van der Waals surface area contributed by atoms with Crippen molar-refractivity contribution in [3.05, 3.63) is 52.1 Å². The molecular formula is C24H31N9O5. The number of nitrogens with zero attached hydrogens (tertiary/aromatic N) is 3. The molecule has 0 radical (unpaired) electrons. The molecule has 0 saturated heterocycles. The van der Waals surface area contributed by atoms with Gasteiger partial charge >= 0.3 is 5.97 Å². The summed E-state index contributed by atoms with van der Waals surface area (Å²) in [6.07, 6.45) is 1.39. The number of carboxylic acids is 1. The van der Waals surface area contributed by atoms with Gasteiger partial charge in [0.25, 0.3) is 11.5 Å². The lowest BCUT2D eigenvalue weighted by Gasteiger charge is -2.25. The van der Waals surface area contributed by atoms with Gasteiger partial charge in [0.2, 0.25) is 5.95 Å². The minimum absolute atomic E-state index is 0.0301. The number of hydrogen-bond acceptors (Lipinski definition) is 11. The van der Waals surface area contributed by atoms with Crippen LogP contribution in [-0.4, -0.2) is 67.4 Å². The van der Waals surface area contributed by atoms with Gasteiger partial charge in [-0.1, -0.05) is 0 Å². The normalized spacial score (nSPS) is 12.2. The van der Waals surface area contributed by atoms with E-state index in [2.05, 4.69) is 35.9 Å². The Bertz CT molecular complexity index is 1370. The Morgan fingerprint density at radius 2 is 1.87 bits per heavy atom. The Morgan fingerprint density at radius 1 is 1.16 bits per heavy atom. The Kier molecular flexibility index (Phi) is 9.04. The fourth-order valence-electron chi connectivity index (χ4n) is 3.56. The zero-order chi connectivity index (χ0) is 27.9. The number of nitrogen functional groups attached to an aromatic ring is 1. The summed E-state index contributed by atoms with van der Waals surface area (Å²) < 4.78 is 0. The Balaban J connectivity index is 1.57. The highest BCUT2D eigenvalue weighted by molar-refractivity contribution is 5.97. The number of aromatic nitrogens is 4. The number of rotatable bonds is 13. The van der Waals surface area contributed by atoms with E-state index in [1.54, 1.807) is 26.0 Å². The fraction of sp³-hybridized carbons (Fsp3) is 0.375. The molecule has 202 valence electrons. The van der Waals surface area contributed by atoms with E-state index in [9.17, 15) is 24.3 Å². The lowest BCUT2D eigenvalue weighted by Crippen LogP contribution is -2.49. The second-order valence-corrected chi connectivity index (χ2v) is 9.08. The summed E-state index contributed by atoms with van der Waals surface area (Å²) in [5.74, 6) is -2.04. The summed E-state index contributed by atoms with van der Waals surface area (Å²) in [4.78, 5) is 63.5. The quantitative estimate of drug-likeness (QED) is 0.153. The van der Waals surface area contributed by atoms with Crippen molar-refractivity contribution in [3.8, 4) is 0 Å². The molecule has 0 aliphatic rings. The number of nitrogens with one attached hydrogen (secondary N) is 4. The maximum Gasteiger partial charge on any atom is 0.326 e. The molecule has 1 atom stereocenters. The third-order valence-corrected chi connectivity index (χ3v) is 5.78. The van der Waals surface area contributed by atoms with Crippen LogP contribution in [-0.2, 0) is 16.1 Å². The predicted molar refractivity (Wildman–Crippen MR) is 140 cm³/mol. The fourth-order valence-corrected chi connectivity index (χ4v) is 3.56. The first-order chi connectivity index (χ1) is 18.0. The predicted octanol–water partition coefficient (Wildman–Crippen LogP) is -0.233. The van der Waals surface area contributed by atoms with E-state index in [4.69, 9.17) is 11.5 Å². The van der Waals surface area contributed by atoms with E-state index in [-0.39, 0.29) is 47.8 Å². The van der Waals surface area contributed by atoms with Crippen LogP contribution in [0.3, 0.4) is 0 Å². The summed E-state index contributed by atoms with van der Waals surface area (Å²) in [6.45, 7) is 4.46. The van der Waals surface area contributed by atoms with E-state index < -0.39 is 29.0 Å². The van der Waals surface area contributed by atoms with Crippen LogP contribution in [0.1, 0.15) is 42.7 Å². The number of aromatic amines is 1. The Hall–Kier alpha value is -4.43. The van der Waals surface area contributed by atoms with Crippen molar-refractivity contribution in [1.82, 2.24) is 30.6 Å². The number of Topliss-reactive ketones (excluding diaryl/α,β-unsaturated/α-hetero) is 1. The van der Waals surface area contributed by atoms with Crippen LogP contribution >= 0.6 is 0 Å². The standard InChI is InChI=1S/C24H31N9O5/c1-24(2,29-10-9-25)17(34)8-7-16(22(37)38)31-20(35)13-3-5-14(6-4-13)27-11-15-12-28-19-18(30-15)21(36)33-23(26)32-19/h3-6,12,16,27,29H,7-11,25H2,1-2H3,(H,31,35)(H,37,38)(H3,26,28,32,33,36)/t16-/m0/s1. The summed E-state index contributed by atoms with van der Waals surface area (Å²) in [7, 11) is 0. The molecule has 3 aromatic rings. The minimum Gasteiger partial charge on any atom is -0.480 e. The van der Waals surface area contributed by atoms with Crippen molar-refractivity contribution in [3.63, 3.8) is 0 Å². The SMILES string of the molecule is CC(C)(NCCN)C(=O)CC[C@H](NC(=O)c1ccc(NCc2cnc3nc(N)[nH]c(=O)c3n2)cc1)C(=O)O. The van der Waals surface area contributed by atoms with E-state index in [0.717, 1.165) is 0 Å². The minimum atomic E-state index is -1.23. The summed E-state index contributed by atoms with van der Waals surface area (Å²) in [6, 6.07) is 5.12. The molecule has 2 aromatic heterocycles. The van der Waals surface area contributed by atoms with Gasteiger partial charge in [0.05, 0.1) is 24.0 Å². The van der Waals surface area contributed by atoms with E-state index in [1.807, 2.05) is 0 Å². The van der Waals surface area contributed by atoms with E-state index >= 15 is 0 Å². The second kappa shape index (κ2) is 12.2. The summed E-state index contributed by atoms with van der Waals surface area (Å²) >= 11 is 0. The molecule has 0 aliphatic heterocycles. The molecule has 14 heteroatoms. The van der Waals surface area contributed by atoms with Gasteiger partial charge in [-0.2, -0.15) is 4.98 Å². The van der Waals surface area contributed by atoms with E-state index in [0.29, 0.717) is 24.5 Å². The number of hydrogen-bond donors (Lipinski definition) is 7. The Morgan fingerprint density at radius 3 is 2.53 bits per heavy atom. The van der Waals surface area contributed by atoms with Crippen LogP contribution in [0, 0.1) is 0 Å². The lowest BCUT2D eigenvalue weighted by molar-refractivity contribution is -0.139. The van der Waals surface area contributed by atoms with Crippen molar-refractivity contribution >= 4 is 40.5 Å². The van der Waals surface area contributed by atoms with Crippen molar-refractivity contribution in [2.24, 2.45) is 5.73 Å². The van der Waals surface area contributed by atoms with Crippen molar-refractivity contribution < 1.29 is 19.5 Å². The first-order valence-corrected chi connectivity index (χ1v) is 11.9. The highest BCUT2D eigenvalue weighted by atomic mass is 16.4. The van der Waals surface area contributed by atoms with Crippen LogP contribution < -0.4 is 33.0 Å². The number of nitrogens with two attached hydrogens (primary N) is 2. The molecule has 1 aromatic carbocycles. The van der Waals surface area contributed by atoms with Crippen molar-refractivity contribution in [2.45, 2.75) is 44.8 Å². The van der Waals surface area contributed by atoms with Gasteiger partial charge in [-0.25, -0.2) is 14.8 Å². The number of carboxylic acid groups (broad SMARTS) is 1. The molecule has 38 heavy (non-hydrogen) atoms. The number of aliphatic carboxylic acids is 1. The third-order valence-electron chi connectivity index (χ3n) is 5.78. The number of fused-ring (bicyclic) bond motifs is 1. The molecule has 14 nitrogen and oxygen atoms in total. The highest BCUT2D eigenvalue weighted by Crippen LogP contribution is 2.14. The molecule has 9 N–H and O–H groups in total. The van der Waals surface area contributed by atoms with Gasteiger partial charge in [-0.3, -0.25) is 19.4 Å². The molecule has 0 unspecified atom stereocenters. The van der Waals surface area contributed by atoms with E-state index in [1.165, 1.54) is 18.3 Å². The first kappa shape index (κ1) is 28.1. The number of H-pyrrole nitrogens is 1. The van der Waals surface area contributed by atoms with Gasteiger partial charge in [0.1, 0.15) is 6.04 Å². The molecule has 0 spiro atoms. The lowest BCUT2D eigenvalue weighted by atomic mass is 9.93. The van der Waals surface area contributed by atoms with Gasteiger partial charge in [-0.05, 0) is 44.5 Å². The van der Waals surface area contributed by atoms with Crippen LogP contribution in [0.5, 0.6) is 0 Å². The first-order valence-electron chi connectivity index (χ1n) is 11.9. The molecule has 1 amide bonds. The number of ketones is 1. The topological polar surface area (TPSA) is 231 Å². The molecular weight excluding hydrogens is 494 g/mol. The molecule has 0 aliphatic carbocycles. The number of carbonyl (C=O) groups excluding carboxylic acids is 2. The monoisotopic (exact) mass is 525 g/mol. The van der Waals surface area contributed by atoms with Crippen molar-refractivity contribution in [2.75, 3.05) is 24.1 Å². The molecule has 0 saturated carbocycles. The summed E-state index contributed by atoms with van der Waals surface area (Å²) in [5, 5.41) is 18.1. The van der Waals surface area contributed by atoms with Crippen LogP contribution in [0.25, 0.3) is 11.2 Å². The zero-order valence-electron chi connectivity index (χ0n) is 21.1. The van der Waals surface area contributed by atoms with Crippen LogP contribution in [0.4, 0.5) is 11.6 Å². The average molecular weight is 526 g/mol. The maximum absolute atomic E-state index is 12.6.